The average molecular weight is 186 g/mol. The Morgan fingerprint density at radius 2 is 2.38 bits per heavy atom. The number of hydrogen-bond acceptors (Lipinski definition) is 4. The minimum absolute atomic E-state index is 0.0686. The summed E-state index contributed by atoms with van der Waals surface area (Å²) in [6.07, 6.45) is 1.83. The molecular weight excluding hydrogens is 168 g/mol. The van der Waals surface area contributed by atoms with Gasteiger partial charge < -0.3 is 9.84 Å². The molecule has 76 valence electrons. The number of ether oxygens (including phenoxy) is 1. The fourth-order valence-electron chi connectivity index (χ4n) is 1.11. The molecule has 0 saturated carbocycles. The van der Waals surface area contributed by atoms with Crippen molar-refractivity contribution in [1.82, 2.24) is 10.6 Å². The molecular formula is C9H18N2O2. The molecule has 1 heterocycles. The molecule has 0 amide bonds. The molecule has 13 heavy (non-hydrogen) atoms. The molecule has 4 nitrogen and oxygen atoms in total. The SMILES string of the molecule is C=CC(O)NCCNC1(CC)CO1. The van der Waals surface area contributed by atoms with Crippen molar-refractivity contribution < 1.29 is 9.84 Å². The summed E-state index contributed by atoms with van der Waals surface area (Å²) < 4.78 is 5.26. The van der Waals surface area contributed by atoms with Crippen molar-refractivity contribution in [2.45, 2.75) is 25.3 Å². The Balaban J connectivity index is 1.98. The molecule has 1 rings (SSSR count). The number of hydrogen-bond donors (Lipinski definition) is 3. The second-order valence-electron chi connectivity index (χ2n) is 3.20. The van der Waals surface area contributed by atoms with E-state index < -0.39 is 6.23 Å². The first-order chi connectivity index (χ1) is 6.22. The largest absolute Gasteiger partial charge is 0.375 e. The average Bonchev–Trinajstić information content (AvgIpc) is 2.93. The van der Waals surface area contributed by atoms with Crippen LogP contribution in [0.15, 0.2) is 12.7 Å². The molecule has 4 heteroatoms. The van der Waals surface area contributed by atoms with Gasteiger partial charge in [0.05, 0.1) is 6.61 Å². The van der Waals surface area contributed by atoms with Crippen molar-refractivity contribution in [3.05, 3.63) is 12.7 Å². The van der Waals surface area contributed by atoms with Crippen molar-refractivity contribution in [2.75, 3.05) is 19.7 Å². The number of nitrogens with one attached hydrogen (secondary N) is 2. The normalized spacial score (nSPS) is 28.5. The second-order valence-corrected chi connectivity index (χ2v) is 3.20. The lowest BCUT2D eigenvalue weighted by atomic mass is 10.2. The van der Waals surface area contributed by atoms with Crippen molar-refractivity contribution >= 4 is 0 Å². The molecule has 0 aromatic carbocycles. The number of epoxide rings is 1. The lowest BCUT2D eigenvalue weighted by Gasteiger charge is -2.13. The Labute approximate surface area is 79.0 Å². The van der Waals surface area contributed by atoms with Gasteiger partial charge in [0, 0.05) is 13.1 Å². The van der Waals surface area contributed by atoms with Gasteiger partial charge in [-0.3, -0.25) is 10.6 Å². The van der Waals surface area contributed by atoms with E-state index in [0.717, 1.165) is 19.6 Å². The van der Waals surface area contributed by atoms with Crippen LogP contribution in [0, 0.1) is 0 Å². The molecule has 1 aliphatic rings. The first kappa shape index (κ1) is 10.7. The standard InChI is InChI=1S/C9H18N2O2/c1-3-8(12)10-5-6-11-9(4-2)7-13-9/h3,8,10-12H,1,4-7H2,2H3. The molecule has 0 aromatic heterocycles. The van der Waals surface area contributed by atoms with Crippen LogP contribution in [-0.4, -0.2) is 36.8 Å². The Kier molecular flexibility index (Phi) is 3.87. The number of aliphatic hydroxyl groups is 1. The Morgan fingerprint density at radius 1 is 1.69 bits per heavy atom. The molecule has 0 bridgehead atoms. The molecule has 3 N–H and O–H groups in total. The minimum atomic E-state index is -0.612. The van der Waals surface area contributed by atoms with Crippen LogP contribution in [0.5, 0.6) is 0 Å². The van der Waals surface area contributed by atoms with Crippen LogP contribution >= 0.6 is 0 Å². The Morgan fingerprint density at radius 3 is 2.85 bits per heavy atom. The quantitative estimate of drug-likeness (QED) is 0.223. The third-order valence-electron chi connectivity index (χ3n) is 2.21. The summed E-state index contributed by atoms with van der Waals surface area (Å²) in [5.74, 6) is 0. The van der Waals surface area contributed by atoms with E-state index in [-0.39, 0.29) is 5.72 Å². The van der Waals surface area contributed by atoms with E-state index in [9.17, 15) is 0 Å². The fourth-order valence-corrected chi connectivity index (χ4v) is 1.11. The van der Waals surface area contributed by atoms with Crippen LogP contribution in [-0.2, 0) is 4.74 Å². The molecule has 1 saturated heterocycles. The van der Waals surface area contributed by atoms with Gasteiger partial charge in [-0.15, -0.1) is 0 Å². The van der Waals surface area contributed by atoms with Crippen molar-refractivity contribution in [3.63, 3.8) is 0 Å². The van der Waals surface area contributed by atoms with E-state index in [1.54, 1.807) is 0 Å². The molecule has 1 aliphatic heterocycles. The summed E-state index contributed by atoms with van der Waals surface area (Å²) >= 11 is 0. The smallest absolute Gasteiger partial charge is 0.142 e. The maximum absolute atomic E-state index is 9.07. The van der Waals surface area contributed by atoms with Crippen LogP contribution in [0.1, 0.15) is 13.3 Å². The van der Waals surface area contributed by atoms with E-state index in [4.69, 9.17) is 9.84 Å². The van der Waals surface area contributed by atoms with Gasteiger partial charge >= 0.3 is 0 Å². The first-order valence-electron chi connectivity index (χ1n) is 4.65. The topological polar surface area (TPSA) is 56.8 Å². The predicted molar refractivity (Wildman–Crippen MR) is 51.2 cm³/mol. The molecule has 0 radical (unpaired) electrons. The summed E-state index contributed by atoms with van der Waals surface area (Å²) in [6.45, 7) is 7.84. The Bertz CT molecular complexity index is 169. The zero-order valence-electron chi connectivity index (χ0n) is 8.05. The molecule has 0 aromatic rings. The van der Waals surface area contributed by atoms with Gasteiger partial charge in [-0.25, -0.2) is 0 Å². The van der Waals surface area contributed by atoms with E-state index in [1.807, 2.05) is 0 Å². The zero-order valence-corrected chi connectivity index (χ0v) is 8.05. The van der Waals surface area contributed by atoms with Crippen molar-refractivity contribution in [1.29, 1.82) is 0 Å². The van der Waals surface area contributed by atoms with Gasteiger partial charge in [0.1, 0.15) is 12.0 Å². The van der Waals surface area contributed by atoms with Gasteiger partial charge in [0.2, 0.25) is 0 Å². The predicted octanol–water partition coefficient (Wildman–Crippen LogP) is -0.194. The van der Waals surface area contributed by atoms with Crippen LogP contribution in [0.4, 0.5) is 0 Å². The van der Waals surface area contributed by atoms with E-state index in [2.05, 4.69) is 24.1 Å². The van der Waals surface area contributed by atoms with E-state index in [1.165, 1.54) is 6.08 Å². The van der Waals surface area contributed by atoms with Crippen molar-refractivity contribution in [3.8, 4) is 0 Å². The van der Waals surface area contributed by atoms with Gasteiger partial charge in [-0.1, -0.05) is 13.5 Å². The molecule has 0 aliphatic carbocycles. The fraction of sp³-hybridized carbons (Fsp3) is 0.778. The van der Waals surface area contributed by atoms with Gasteiger partial charge in [-0.05, 0) is 12.5 Å². The third-order valence-corrected chi connectivity index (χ3v) is 2.21. The van der Waals surface area contributed by atoms with Gasteiger partial charge in [0.25, 0.3) is 0 Å². The number of rotatable bonds is 7. The maximum atomic E-state index is 9.07. The summed E-state index contributed by atoms with van der Waals surface area (Å²) in [5, 5.41) is 15.2. The van der Waals surface area contributed by atoms with E-state index in [0.29, 0.717) is 6.54 Å². The third kappa shape index (κ3) is 3.44. The van der Waals surface area contributed by atoms with Gasteiger partial charge in [0.15, 0.2) is 0 Å². The Hall–Kier alpha value is -0.420. The summed E-state index contributed by atoms with van der Waals surface area (Å²) in [5.41, 5.74) is -0.0686. The summed E-state index contributed by atoms with van der Waals surface area (Å²) in [6, 6.07) is 0. The molecule has 2 unspecified atom stereocenters. The highest BCUT2D eigenvalue weighted by Gasteiger charge is 2.41. The lowest BCUT2D eigenvalue weighted by molar-refractivity contribution is 0.181. The van der Waals surface area contributed by atoms with Crippen LogP contribution in [0.3, 0.4) is 0 Å². The van der Waals surface area contributed by atoms with E-state index >= 15 is 0 Å². The molecule has 1 fully saturated rings. The highest BCUT2D eigenvalue weighted by molar-refractivity contribution is 4.88. The highest BCUT2D eigenvalue weighted by atomic mass is 16.6. The lowest BCUT2D eigenvalue weighted by Crippen LogP contribution is -2.39. The monoisotopic (exact) mass is 186 g/mol. The summed E-state index contributed by atoms with van der Waals surface area (Å²) in [7, 11) is 0. The zero-order chi connectivity index (χ0) is 9.73. The number of aliphatic hydroxyl groups excluding tert-OH is 1. The van der Waals surface area contributed by atoms with Crippen LogP contribution in [0.25, 0.3) is 0 Å². The highest BCUT2D eigenvalue weighted by Crippen LogP contribution is 2.26. The maximum Gasteiger partial charge on any atom is 0.142 e. The van der Waals surface area contributed by atoms with Crippen LogP contribution in [0.2, 0.25) is 0 Å². The minimum Gasteiger partial charge on any atom is -0.375 e. The van der Waals surface area contributed by atoms with Crippen molar-refractivity contribution in [2.24, 2.45) is 0 Å². The first-order valence-corrected chi connectivity index (χ1v) is 4.65. The molecule has 2 atom stereocenters. The van der Waals surface area contributed by atoms with Crippen LogP contribution < -0.4 is 10.6 Å². The summed E-state index contributed by atoms with van der Waals surface area (Å²) in [4.78, 5) is 0. The van der Waals surface area contributed by atoms with Gasteiger partial charge in [-0.2, -0.15) is 0 Å². The molecule has 0 spiro atoms. The second kappa shape index (κ2) is 4.72.